The van der Waals surface area contributed by atoms with Crippen molar-refractivity contribution in [2.24, 2.45) is 0 Å². The highest BCUT2D eigenvalue weighted by Crippen LogP contribution is 2.45. The molecule has 5 rings (SSSR count). The van der Waals surface area contributed by atoms with Gasteiger partial charge in [-0.2, -0.15) is 4.98 Å². The van der Waals surface area contributed by atoms with Crippen LogP contribution in [0, 0.1) is 0 Å². The van der Waals surface area contributed by atoms with Crippen molar-refractivity contribution in [1.82, 2.24) is 9.97 Å². The van der Waals surface area contributed by atoms with E-state index in [1.165, 1.54) is 5.56 Å². The Balaban J connectivity index is 1.38. The van der Waals surface area contributed by atoms with Gasteiger partial charge in [0.1, 0.15) is 16.5 Å². The first-order valence-corrected chi connectivity index (χ1v) is 12.1. The molecule has 158 valence electrons. The molecule has 30 heavy (non-hydrogen) atoms. The van der Waals surface area contributed by atoms with Crippen molar-refractivity contribution in [2.45, 2.75) is 48.5 Å². The molecule has 1 saturated carbocycles. The van der Waals surface area contributed by atoms with Gasteiger partial charge in [0, 0.05) is 30.3 Å². The van der Waals surface area contributed by atoms with Crippen molar-refractivity contribution in [3.8, 4) is 0 Å². The zero-order valence-corrected chi connectivity index (χ0v) is 18.3. The first kappa shape index (κ1) is 19.8. The molecule has 1 aromatic carbocycles. The summed E-state index contributed by atoms with van der Waals surface area (Å²) < 4.78 is 12.6. The van der Waals surface area contributed by atoms with Gasteiger partial charge in [0.2, 0.25) is 5.95 Å². The number of aromatic nitrogens is 2. The minimum atomic E-state index is -1.10. The third-order valence-corrected chi connectivity index (χ3v) is 8.17. The van der Waals surface area contributed by atoms with Crippen LogP contribution >= 0.6 is 11.6 Å². The van der Waals surface area contributed by atoms with Gasteiger partial charge in [-0.15, -0.1) is 0 Å². The molecule has 2 aliphatic heterocycles. The van der Waals surface area contributed by atoms with Crippen LogP contribution in [0.25, 0.3) is 0 Å². The van der Waals surface area contributed by atoms with Gasteiger partial charge in [-0.25, -0.2) is 4.98 Å². The van der Waals surface area contributed by atoms with Crippen LogP contribution in [0.2, 0.25) is 5.02 Å². The van der Waals surface area contributed by atoms with Gasteiger partial charge in [0.25, 0.3) is 0 Å². The minimum Gasteiger partial charge on any atom is -0.510 e. The summed E-state index contributed by atoms with van der Waals surface area (Å²) in [7, 11) is -1.10. The Bertz CT molecular complexity index is 1010. The van der Waals surface area contributed by atoms with Crippen LogP contribution in [0.3, 0.4) is 0 Å². The topological polar surface area (TPSA) is 78.3 Å². The average molecular weight is 445 g/mol. The summed E-state index contributed by atoms with van der Waals surface area (Å²) in [6.07, 6.45) is 4.34. The molecule has 0 radical (unpaired) electrons. The summed E-state index contributed by atoms with van der Waals surface area (Å²) in [5, 5.41) is 14.1. The van der Waals surface area contributed by atoms with E-state index in [1.807, 2.05) is 12.1 Å². The van der Waals surface area contributed by atoms with Gasteiger partial charge in [-0.3, -0.25) is 4.21 Å². The van der Waals surface area contributed by atoms with Crippen molar-refractivity contribution in [2.75, 3.05) is 29.1 Å². The predicted molar refractivity (Wildman–Crippen MR) is 120 cm³/mol. The van der Waals surface area contributed by atoms with Crippen LogP contribution in [0.5, 0.6) is 0 Å². The summed E-state index contributed by atoms with van der Waals surface area (Å²) >= 11 is 6.02. The number of anilines is 2. The second-order valence-electron chi connectivity index (χ2n) is 8.41. The summed E-state index contributed by atoms with van der Waals surface area (Å²) in [4.78, 5) is 12.5. The van der Waals surface area contributed by atoms with E-state index in [9.17, 15) is 9.32 Å². The molecule has 3 aliphatic rings. The molecule has 8 heteroatoms. The third kappa shape index (κ3) is 3.58. The number of rotatable bonds is 5. The summed E-state index contributed by atoms with van der Waals surface area (Å²) in [5.41, 5.74) is 1.65. The minimum absolute atomic E-state index is 0.115. The zero-order valence-electron chi connectivity index (χ0n) is 16.7. The molecular formula is C22H25ClN4O2S. The lowest BCUT2D eigenvalue weighted by molar-refractivity contribution is 0.371. The number of benzene rings is 1. The molecule has 0 bridgehead atoms. The molecule has 1 atom stereocenters. The van der Waals surface area contributed by atoms with Gasteiger partial charge in [-0.1, -0.05) is 30.3 Å². The number of halogens is 1. The first-order valence-electron chi connectivity index (χ1n) is 10.4. The molecule has 2 fully saturated rings. The van der Waals surface area contributed by atoms with Crippen LogP contribution < -0.4 is 10.2 Å². The van der Waals surface area contributed by atoms with E-state index >= 15 is 0 Å². The molecule has 1 aromatic heterocycles. The van der Waals surface area contributed by atoms with Crippen LogP contribution in [-0.2, 0) is 17.2 Å². The smallest absolute Gasteiger partial charge is 0.227 e. The third-order valence-electron chi connectivity index (χ3n) is 6.46. The van der Waals surface area contributed by atoms with Gasteiger partial charge >= 0.3 is 0 Å². The summed E-state index contributed by atoms with van der Waals surface area (Å²) in [5.74, 6) is 2.48. The number of aryl methyl sites for hydroxylation is 1. The Morgan fingerprint density at radius 1 is 1.23 bits per heavy atom. The summed E-state index contributed by atoms with van der Waals surface area (Å²) in [6, 6.07) is 8.13. The maximum atomic E-state index is 12.6. The number of nitrogens with zero attached hydrogens (tertiary/aromatic N) is 3. The van der Waals surface area contributed by atoms with Crippen molar-refractivity contribution >= 4 is 34.2 Å². The number of nitrogens with one attached hydrogen (secondary N) is 1. The molecule has 2 N–H and O–H groups in total. The lowest BCUT2D eigenvalue weighted by Crippen LogP contribution is -2.35. The lowest BCUT2D eigenvalue weighted by Gasteiger charge is -2.33. The standard InChI is InChI=1S/C22H25ClN4O2S/c1-14(28)22(9-10-22)26-20-19-18(8-13-30(19)29)24-21(25-20)27-11-6-16(7-12-27)15-2-4-17(23)5-3-15/h2-5,16,28H,1,6-13H2,(H,24,25,26). The molecular weight excluding hydrogens is 420 g/mol. The maximum absolute atomic E-state index is 12.6. The molecule has 1 unspecified atom stereocenters. The number of fused-ring (bicyclic) bond motifs is 1. The Hall–Kier alpha value is -2.12. The van der Waals surface area contributed by atoms with Crippen LogP contribution in [0.15, 0.2) is 41.5 Å². The number of aliphatic hydroxyl groups is 1. The van der Waals surface area contributed by atoms with Crippen molar-refractivity contribution in [1.29, 1.82) is 0 Å². The Labute approximate surface area is 183 Å². The molecule has 1 aliphatic carbocycles. The monoisotopic (exact) mass is 444 g/mol. The normalized spacial score (nSPS) is 22.6. The SMILES string of the molecule is C=C(O)C1(Nc2nc(N3CCC(c4ccc(Cl)cc4)CC3)nc3c2S(=O)CC3)CC1. The molecule has 3 heterocycles. The largest absolute Gasteiger partial charge is 0.510 e. The van der Waals surface area contributed by atoms with E-state index in [2.05, 4.69) is 28.9 Å². The predicted octanol–water partition coefficient (Wildman–Crippen LogP) is 4.19. The van der Waals surface area contributed by atoms with Gasteiger partial charge in [-0.05, 0) is 49.3 Å². The Morgan fingerprint density at radius 2 is 1.93 bits per heavy atom. The highest BCUT2D eigenvalue weighted by Gasteiger charge is 2.47. The van der Waals surface area contributed by atoms with E-state index < -0.39 is 16.3 Å². The van der Waals surface area contributed by atoms with Crippen molar-refractivity contribution in [3.05, 3.63) is 52.9 Å². The second kappa shape index (κ2) is 7.54. The van der Waals surface area contributed by atoms with Crippen molar-refractivity contribution in [3.63, 3.8) is 0 Å². The molecule has 2 aromatic rings. The van der Waals surface area contributed by atoms with Crippen LogP contribution in [0.4, 0.5) is 11.8 Å². The van der Waals surface area contributed by atoms with E-state index in [4.69, 9.17) is 21.6 Å². The van der Waals surface area contributed by atoms with E-state index in [-0.39, 0.29) is 5.76 Å². The molecule has 1 saturated heterocycles. The van der Waals surface area contributed by atoms with E-state index in [0.717, 1.165) is 49.5 Å². The summed E-state index contributed by atoms with van der Waals surface area (Å²) in [6.45, 7) is 5.44. The lowest BCUT2D eigenvalue weighted by atomic mass is 9.89. The number of hydrogen-bond donors (Lipinski definition) is 2. The number of piperidine rings is 1. The fourth-order valence-electron chi connectivity index (χ4n) is 4.40. The fourth-order valence-corrected chi connectivity index (χ4v) is 5.83. The van der Waals surface area contributed by atoms with Crippen molar-refractivity contribution < 1.29 is 9.32 Å². The van der Waals surface area contributed by atoms with Crippen LogP contribution in [-0.4, -0.2) is 43.7 Å². The first-order chi connectivity index (χ1) is 14.4. The fraction of sp³-hybridized carbons (Fsp3) is 0.455. The maximum Gasteiger partial charge on any atom is 0.227 e. The second-order valence-corrected chi connectivity index (χ2v) is 10.4. The number of aliphatic hydroxyl groups excluding tert-OH is 1. The van der Waals surface area contributed by atoms with Crippen LogP contribution in [0.1, 0.15) is 42.9 Å². The molecule has 0 spiro atoms. The quantitative estimate of drug-likeness (QED) is 0.673. The van der Waals surface area contributed by atoms with Gasteiger partial charge in [0.15, 0.2) is 0 Å². The van der Waals surface area contributed by atoms with Gasteiger partial charge < -0.3 is 15.3 Å². The average Bonchev–Trinajstić information content (AvgIpc) is 3.44. The highest BCUT2D eigenvalue weighted by atomic mass is 35.5. The molecule has 6 nitrogen and oxygen atoms in total. The molecule has 0 amide bonds. The Morgan fingerprint density at radius 3 is 2.57 bits per heavy atom. The zero-order chi connectivity index (χ0) is 20.9. The van der Waals surface area contributed by atoms with E-state index in [0.29, 0.717) is 34.8 Å². The van der Waals surface area contributed by atoms with Gasteiger partial charge in [0.05, 0.1) is 22.0 Å². The highest BCUT2D eigenvalue weighted by molar-refractivity contribution is 7.85. The number of hydrogen-bond acceptors (Lipinski definition) is 6. The van der Waals surface area contributed by atoms with E-state index in [1.54, 1.807) is 0 Å². The Kier molecular flexibility index (Phi) is 4.98.